The van der Waals surface area contributed by atoms with Crippen molar-refractivity contribution in [3.8, 4) is 0 Å². The summed E-state index contributed by atoms with van der Waals surface area (Å²) in [6, 6.07) is 7.56. The summed E-state index contributed by atoms with van der Waals surface area (Å²) in [6.45, 7) is 2.25. The van der Waals surface area contributed by atoms with Gasteiger partial charge in [-0.15, -0.1) is 0 Å². The summed E-state index contributed by atoms with van der Waals surface area (Å²) in [5.41, 5.74) is 0.571. The largest absolute Gasteiger partial charge is 0.381 e. The summed E-state index contributed by atoms with van der Waals surface area (Å²) < 4.78 is 5.32. The maximum atomic E-state index is 12.4. The number of fused-ring (bicyclic) bond motifs is 1. The van der Waals surface area contributed by atoms with E-state index in [0.29, 0.717) is 23.2 Å². The van der Waals surface area contributed by atoms with Gasteiger partial charge >= 0.3 is 0 Å². The highest BCUT2D eigenvalue weighted by molar-refractivity contribution is 6.34. The number of nitrogens with zero attached hydrogens (tertiary/aromatic N) is 1. The van der Waals surface area contributed by atoms with E-state index in [4.69, 9.17) is 16.3 Å². The molecule has 2 heterocycles. The SMILES string of the molecule is O=C(NCC1CCOCC1)c1cnc(Cl)c2ccccc12. The number of nitrogens with one attached hydrogen (secondary N) is 1. The van der Waals surface area contributed by atoms with Crippen molar-refractivity contribution in [1.82, 2.24) is 10.3 Å². The minimum Gasteiger partial charge on any atom is -0.381 e. The first kappa shape index (κ1) is 14.3. The van der Waals surface area contributed by atoms with Crippen molar-refractivity contribution in [3.63, 3.8) is 0 Å². The monoisotopic (exact) mass is 304 g/mol. The number of halogens is 1. The van der Waals surface area contributed by atoms with Crippen LogP contribution in [0, 0.1) is 5.92 Å². The number of amides is 1. The maximum Gasteiger partial charge on any atom is 0.253 e. The normalized spacial score (nSPS) is 16.0. The molecule has 5 heteroatoms. The number of ether oxygens (including phenoxy) is 1. The Kier molecular flexibility index (Phi) is 4.36. The molecule has 1 aliphatic heterocycles. The lowest BCUT2D eigenvalue weighted by Gasteiger charge is -2.22. The minimum atomic E-state index is -0.0955. The number of carbonyl (C=O) groups is 1. The number of hydrogen-bond donors (Lipinski definition) is 1. The van der Waals surface area contributed by atoms with Crippen LogP contribution in [0.2, 0.25) is 5.15 Å². The summed E-state index contributed by atoms with van der Waals surface area (Å²) in [4.78, 5) is 16.5. The zero-order chi connectivity index (χ0) is 14.7. The molecule has 110 valence electrons. The highest BCUT2D eigenvalue weighted by Gasteiger charge is 2.17. The van der Waals surface area contributed by atoms with Gasteiger partial charge in [0.2, 0.25) is 0 Å². The van der Waals surface area contributed by atoms with Crippen LogP contribution in [0.1, 0.15) is 23.2 Å². The van der Waals surface area contributed by atoms with E-state index >= 15 is 0 Å². The maximum absolute atomic E-state index is 12.4. The number of rotatable bonds is 3. The van der Waals surface area contributed by atoms with E-state index in [1.165, 1.54) is 0 Å². The third-order valence-electron chi connectivity index (χ3n) is 3.88. The van der Waals surface area contributed by atoms with Crippen LogP contribution < -0.4 is 5.32 Å². The zero-order valence-electron chi connectivity index (χ0n) is 11.6. The van der Waals surface area contributed by atoms with E-state index in [9.17, 15) is 4.79 Å². The summed E-state index contributed by atoms with van der Waals surface area (Å²) in [5.74, 6) is 0.399. The molecule has 0 atom stereocenters. The quantitative estimate of drug-likeness (QED) is 0.887. The number of benzene rings is 1. The average Bonchev–Trinajstić information content (AvgIpc) is 2.54. The molecule has 0 saturated carbocycles. The van der Waals surface area contributed by atoms with Gasteiger partial charge in [-0.05, 0) is 24.1 Å². The van der Waals surface area contributed by atoms with E-state index in [2.05, 4.69) is 10.3 Å². The van der Waals surface area contributed by atoms with Crippen LogP contribution >= 0.6 is 11.6 Å². The molecule has 4 nitrogen and oxygen atoms in total. The summed E-state index contributed by atoms with van der Waals surface area (Å²) in [7, 11) is 0. The van der Waals surface area contributed by atoms with Gasteiger partial charge < -0.3 is 10.1 Å². The van der Waals surface area contributed by atoms with Gasteiger partial charge in [0.05, 0.1) is 5.56 Å². The van der Waals surface area contributed by atoms with Gasteiger partial charge in [-0.2, -0.15) is 0 Å². The lowest BCUT2D eigenvalue weighted by atomic mass is 10.00. The second-order valence-corrected chi connectivity index (χ2v) is 5.63. The van der Waals surface area contributed by atoms with Gasteiger partial charge in [-0.1, -0.05) is 35.9 Å². The van der Waals surface area contributed by atoms with Crippen LogP contribution in [0.4, 0.5) is 0 Å². The molecule has 1 aromatic carbocycles. The van der Waals surface area contributed by atoms with Crippen LogP contribution in [0.25, 0.3) is 10.8 Å². The molecule has 1 N–H and O–H groups in total. The van der Waals surface area contributed by atoms with E-state index in [0.717, 1.165) is 36.8 Å². The first-order valence-corrected chi connectivity index (χ1v) is 7.52. The Balaban J connectivity index is 1.77. The van der Waals surface area contributed by atoms with Crippen molar-refractivity contribution in [2.24, 2.45) is 5.92 Å². The van der Waals surface area contributed by atoms with Crippen molar-refractivity contribution in [2.75, 3.05) is 19.8 Å². The van der Waals surface area contributed by atoms with Gasteiger partial charge in [-0.3, -0.25) is 4.79 Å². The van der Waals surface area contributed by atoms with E-state index < -0.39 is 0 Å². The molecule has 1 fully saturated rings. The Labute approximate surface area is 128 Å². The Morgan fingerprint density at radius 3 is 2.76 bits per heavy atom. The third-order valence-corrected chi connectivity index (χ3v) is 4.18. The summed E-state index contributed by atoms with van der Waals surface area (Å²) in [5, 5.41) is 5.06. The van der Waals surface area contributed by atoms with Crippen LogP contribution in [0.5, 0.6) is 0 Å². The fourth-order valence-corrected chi connectivity index (χ4v) is 2.84. The number of carbonyl (C=O) groups excluding carboxylic acids is 1. The molecule has 1 saturated heterocycles. The van der Waals surface area contributed by atoms with Gasteiger partial charge in [0.25, 0.3) is 5.91 Å². The molecule has 0 radical (unpaired) electrons. The molecule has 1 aromatic heterocycles. The van der Waals surface area contributed by atoms with E-state index in [1.54, 1.807) is 6.20 Å². The van der Waals surface area contributed by atoms with Crippen molar-refractivity contribution >= 4 is 28.3 Å². The van der Waals surface area contributed by atoms with Crippen LogP contribution in [0.3, 0.4) is 0 Å². The Hall–Kier alpha value is -1.65. The fourth-order valence-electron chi connectivity index (χ4n) is 2.62. The lowest BCUT2D eigenvalue weighted by Crippen LogP contribution is -2.32. The molecule has 0 bridgehead atoms. The van der Waals surface area contributed by atoms with Gasteiger partial charge in [0.1, 0.15) is 5.15 Å². The van der Waals surface area contributed by atoms with Crippen LogP contribution in [-0.4, -0.2) is 30.6 Å². The van der Waals surface area contributed by atoms with Crippen molar-refractivity contribution in [1.29, 1.82) is 0 Å². The molecule has 1 amide bonds. The zero-order valence-corrected chi connectivity index (χ0v) is 12.4. The molecule has 21 heavy (non-hydrogen) atoms. The van der Waals surface area contributed by atoms with Crippen LogP contribution in [-0.2, 0) is 4.74 Å². The van der Waals surface area contributed by atoms with Gasteiger partial charge in [-0.25, -0.2) is 4.98 Å². The van der Waals surface area contributed by atoms with E-state index in [1.807, 2.05) is 24.3 Å². The number of aromatic nitrogens is 1. The Bertz CT molecular complexity index is 654. The molecular formula is C16H17ClN2O2. The predicted octanol–water partition coefficient (Wildman–Crippen LogP) is 3.04. The third kappa shape index (κ3) is 3.17. The molecule has 3 rings (SSSR count). The predicted molar refractivity (Wildman–Crippen MR) is 82.6 cm³/mol. The number of hydrogen-bond acceptors (Lipinski definition) is 3. The standard InChI is InChI=1S/C16H17ClN2O2/c17-15-13-4-2-1-3-12(13)14(10-18-15)16(20)19-9-11-5-7-21-8-6-11/h1-4,10-11H,5-9H2,(H,19,20). The molecule has 0 spiro atoms. The average molecular weight is 305 g/mol. The first-order valence-electron chi connectivity index (χ1n) is 7.15. The van der Waals surface area contributed by atoms with Gasteiger partial charge in [0, 0.05) is 31.3 Å². The number of pyridine rings is 1. The second-order valence-electron chi connectivity index (χ2n) is 5.27. The summed E-state index contributed by atoms with van der Waals surface area (Å²) in [6.07, 6.45) is 3.55. The smallest absolute Gasteiger partial charge is 0.253 e. The van der Waals surface area contributed by atoms with E-state index in [-0.39, 0.29) is 5.91 Å². The van der Waals surface area contributed by atoms with Crippen LogP contribution in [0.15, 0.2) is 30.5 Å². The Morgan fingerprint density at radius 1 is 1.29 bits per heavy atom. The minimum absolute atomic E-state index is 0.0955. The highest BCUT2D eigenvalue weighted by Crippen LogP contribution is 2.24. The molecule has 0 unspecified atom stereocenters. The lowest BCUT2D eigenvalue weighted by molar-refractivity contribution is 0.0643. The molecule has 2 aromatic rings. The van der Waals surface area contributed by atoms with Crippen molar-refractivity contribution in [3.05, 3.63) is 41.2 Å². The Morgan fingerprint density at radius 2 is 2.00 bits per heavy atom. The molecule has 1 aliphatic rings. The van der Waals surface area contributed by atoms with Crippen molar-refractivity contribution < 1.29 is 9.53 Å². The molecule has 0 aliphatic carbocycles. The first-order chi connectivity index (χ1) is 10.3. The second kappa shape index (κ2) is 6.41. The highest BCUT2D eigenvalue weighted by atomic mass is 35.5. The van der Waals surface area contributed by atoms with Gasteiger partial charge in [0.15, 0.2) is 0 Å². The topological polar surface area (TPSA) is 51.2 Å². The fraction of sp³-hybridized carbons (Fsp3) is 0.375. The van der Waals surface area contributed by atoms with Crippen molar-refractivity contribution in [2.45, 2.75) is 12.8 Å². The molecular weight excluding hydrogens is 288 g/mol. The summed E-state index contributed by atoms with van der Waals surface area (Å²) >= 11 is 6.08.